The Balaban J connectivity index is 1.46. The van der Waals surface area contributed by atoms with Crippen LogP contribution in [0.15, 0.2) is 18.2 Å². The SMILES string of the molecule is CC1CCCN(C(=O)C2CCN(C(=O)COc3cc(Cl)ccc3Cl)CC2)C1. The van der Waals surface area contributed by atoms with Crippen molar-refractivity contribution in [1.82, 2.24) is 9.80 Å². The van der Waals surface area contributed by atoms with E-state index in [4.69, 9.17) is 27.9 Å². The average molecular weight is 413 g/mol. The Morgan fingerprint density at radius 2 is 1.85 bits per heavy atom. The van der Waals surface area contributed by atoms with Crippen LogP contribution in [0.25, 0.3) is 0 Å². The maximum atomic E-state index is 12.7. The number of nitrogens with zero attached hydrogens (tertiary/aromatic N) is 2. The highest BCUT2D eigenvalue weighted by Crippen LogP contribution is 2.28. The fourth-order valence-corrected chi connectivity index (χ4v) is 4.18. The Morgan fingerprint density at radius 3 is 2.56 bits per heavy atom. The molecule has 1 atom stereocenters. The predicted octanol–water partition coefficient (Wildman–Crippen LogP) is 3.87. The van der Waals surface area contributed by atoms with Crippen LogP contribution in [0.2, 0.25) is 10.0 Å². The molecular formula is C20H26Cl2N2O3. The molecule has 27 heavy (non-hydrogen) atoms. The third-order valence-electron chi connectivity index (χ3n) is 5.41. The van der Waals surface area contributed by atoms with Gasteiger partial charge in [-0.15, -0.1) is 0 Å². The van der Waals surface area contributed by atoms with Crippen molar-refractivity contribution in [3.63, 3.8) is 0 Å². The van der Waals surface area contributed by atoms with E-state index in [2.05, 4.69) is 6.92 Å². The molecule has 2 aliphatic rings. The van der Waals surface area contributed by atoms with Crippen molar-refractivity contribution in [1.29, 1.82) is 0 Å². The topological polar surface area (TPSA) is 49.9 Å². The van der Waals surface area contributed by atoms with Crippen molar-refractivity contribution >= 4 is 35.0 Å². The average Bonchev–Trinajstić information content (AvgIpc) is 2.68. The van der Waals surface area contributed by atoms with E-state index in [-0.39, 0.29) is 24.3 Å². The molecule has 2 fully saturated rings. The highest BCUT2D eigenvalue weighted by atomic mass is 35.5. The summed E-state index contributed by atoms with van der Waals surface area (Å²) in [6.07, 6.45) is 3.72. The van der Waals surface area contributed by atoms with Crippen LogP contribution in [0.3, 0.4) is 0 Å². The lowest BCUT2D eigenvalue weighted by molar-refractivity contribution is -0.142. The van der Waals surface area contributed by atoms with Gasteiger partial charge in [0.2, 0.25) is 5.91 Å². The van der Waals surface area contributed by atoms with E-state index < -0.39 is 0 Å². The fourth-order valence-electron chi connectivity index (χ4n) is 3.84. The standard InChI is InChI=1S/C20H26Cl2N2O3/c1-14-3-2-8-24(12-14)20(26)15-6-9-23(10-7-15)19(25)13-27-18-11-16(21)4-5-17(18)22/h4-5,11,14-15H,2-3,6-10,12-13H2,1H3. The molecule has 5 nitrogen and oxygen atoms in total. The molecule has 1 aromatic rings. The van der Waals surface area contributed by atoms with E-state index in [1.165, 1.54) is 6.42 Å². The lowest BCUT2D eigenvalue weighted by Crippen LogP contribution is -2.47. The summed E-state index contributed by atoms with van der Waals surface area (Å²) in [5, 5.41) is 0.931. The van der Waals surface area contributed by atoms with Crippen LogP contribution in [0.5, 0.6) is 5.75 Å². The maximum absolute atomic E-state index is 12.7. The van der Waals surface area contributed by atoms with Crippen LogP contribution < -0.4 is 4.74 Å². The number of carbonyl (C=O) groups is 2. The first kappa shape index (κ1) is 20.3. The number of hydrogen-bond acceptors (Lipinski definition) is 3. The highest BCUT2D eigenvalue weighted by Gasteiger charge is 2.31. The Morgan fingerprint density at radius 1 is 1.11 bits per heavy atom. The summed E-state index contributed by atoms with van der Waals surface area (Å²) in [6, 6.07) is 4.91. The molecule has 148 valence electrons. The van der Waals surface area contributed by atoms with Gasteiger partial charge in [-0.3, -0.25) is 9.59 Å². The van der Waals surface area contributed by atoms with Gasteiger partial charge in [-0.2, -0.15) is 0 Å². The second-order valence-corrected chi connectivity index (χ2v) is 8.39. The van der Waals surface area contributed by atoms with Gasteiger partial charge in [0, 0.05) is 43.2 Å². The zero-order chi connectivity index (χ0) is 19.4. The highest BCUT2D eigenvalue weighted by molar-refractivity contribution is 6.34. The van der Waals surface area contributed by atoms with Gasteiger partial charge in [0.05, 0.1) is 5.02 Å². The van der Waals surface area contributed by atoms with E-state index in [9.17, 15) is 9.59 Å². The molecule has 0 bridgehead atoms. The van der Waals surface area contributed by atoms with Crippen LogP contribution in [-0.2, 0) is 9.59 Å². The maximum Gasteiger partial charge on any atom is 0.260 e. The summed E-state index contributed by atoms with van der Waals surface area (Å²) in [4.78, 5) is 28.9. The minimum Gasteiger partial charge on any atom is -0.482 e. The van der Waals surface area contributed by atoms with E-state index in [0.717, 1.165) is 19.5 Å². The van der Waals surface area contributed by atoms with Gasteiger partial charge in [0.1, 0.15) is 5.75 Å². The number of halogens is 2. The summed E-state index contributed by atoms with van der Waals surface area (Å²) < 4.78 is 5.53. The number of hydrogen-bond donors (Lipinski definition) is 0. The smallest absolute Gasteiger partial charge is 0.260 e. The van der Waals surface area contributed by atoms with E-state index in [1.54, 1.807) is 23.1 Å². The molecule has 0 aromatic heterocycles. The Hall–Kier alpha value is -1.46. The van der Waals surface area contributed by atoms with E-state index >= 15 is 0 Å². The molecule has 0 spiro atoms. The zero-order valence-electron chi connectivity index (χ0n) is 15.6. The molecular weight excluding hydrogens is 387 g/mol. The number of carbonyl (C=O) groups excluding carboxylic acids is 2. The number of rotatable bonds is 4. The van der Waals surface area contributed by atoms with Crippen LogP contribution in [-0.4, -0.2) is 54.4 Å². The first-order valence-corrected chi connectivity index (χ1v) is 10.3. The summed E-state index contributed by atoms with van der Waals surface area (Å²) in [5.41, 5.74) is 0. The number of likely N-dealkylation sites (tertiary alicyclic amines) is 2. The Bertz CT molecular complexity index is 690. The third-order valence-corrected chi connectivity index (χ3v) is 5.96. The predicted molar refractivity (Wildman–Crippen MR) is 106 cm³/mol. The number of amides is 2. The second-order valence-electron chi connectivity index (χ2n) is 7.55. The van der Waals surface area contributed by atoms with Crippen LogP contribution >= 0.6 is 23.2 Å². The summed E-state index contributed by atoms with van der Waals surface area (Å²) >= 11 is 12.0. The van der Waals surface area contributed by atoms with Gasteiger partial charge in [-0.1, -0.05) is 30.1 Å². The fraction of sp³-hybridized carbons (Fsp3) is 0.600. The quantitative estimate of drug-likeness (QED) is 0.753. The monoisotopic (exact) mass is 412 g/mol. The number of piperidine rings is 2. The molecule has 2 aliphatic heterocycles. The van der Waals surface area contributed by atoms with Crippen molar-refractivity contribution < 1.29 is 14.3 Å². The van der Waals surface area contributed by atoms with E-state index in [1.807, 2.05) is 4.90 Å². The van der Waals surface area contributed by atoms with Gasteiger partial charge < -0.3 is 14.5 Å². The lowest BCUT2D eigenvalue weighted by Gasteiger charge is -2.37. The Kier molecular flexibility index (Phi) is 6.88. The molecule has 2 amide bonds. The summed E-state index contributed by atoms with van der Waals surface area (Å²) in [7, 11) is 0. The molecule has 1 aromatic carbocycles. The van der Waals surface area contributed by atoms with Crippen molar-refractivity contribution in [3.8, 4) is 5.75 Å². The van der Waals surface area contributed by atoms with Gasteiger partial charge in [0.15, 0.2) is 6.61 Å². The van der Waals surface area contributed by atoms with Crippen molar-refractivity contribution in [2.45, 2.75) is 32.6 Å². The molecule has 0 N–H and O–H groups in total. The largest absolute Gasteiger partial charge is 0.482 e. The number of benzene rings is 1. The van der Waals surface area contributed by atoms with Gasteiger partial charge in [-0.25, -0.2) is 0 Å². The van der Waals surface area contributed by atoms with Crippen molar-refractivity contribution in [3.05, 3.63) is 28.2 Å². The molecule has 3 rings (SSSR count). The normalized spacial score (nSPS) is 21.2. The summed E-state index contributed by atoms with van der Waals surface area (Å²) in [5.74, 6) is 1.18. The minimum absolute atomic E-state index is 0.0302. The molecule has 1 unspecified atom stereocenters. The van der Waals surface area contributed by atoms with Gasteiger partial charge in [0.25, 0.3) is 5.91 Å². The first-order valence-electron chi connectivity index (χ1n) is 9.58. The molecule has 2 heterocycles. The van der Waals surface area contributed by atoms with Crippen molar-refractivity contribution in [2.24, 2.45) is 11.8 Å². The Labute approximate surface area is 170 Å². The molecule has 7 heteroatoms. The van der Waals surface area contributed by atoms with Crippen molar-refractivity contribution in [2.75, 3.05) is 32.8 Å². The molecule has 0 radical (unpaired) electrons. The third kappa shape index (κ3) is 5.29. The van der Waals surface area contributed by atoms with Crippen LogP contribution in [0.1, 0.15) is 32.6 Å². The van der Waals surface area contributed by atoms with Crippen LogP contribution in [0, 0.1) is 11.8 Å². The van der Waals surface area contributed by atoms with Crippen LogP contribution in [0.4, 0.5) is 0 Å². The van der Waals surface area contributed by atoms with Gasteiger partial charge in [-0.05, 0) is 43.7 Å². The minimum atomic E-state index is -0.0939. The molecule has 2 saturated heterocycles. The van der Waals surface area contributed by atoms with Gasteiger partial charge >= 0.3 is 0 Å². The number of ether oxygens (including phenoxy) is 1. The molecule has 0 aliphatic carbocycles. The first-order chi connectivity index (χ1) is 12.9. The molecule has 0 saturated carbocycles. The second kappa shape index (κ2) is 9.16. The lowest BCUT2D eigenvalue weighted by atomic mass is 9.93. The van der Waals surface area contributed by atoms with E-state index in [0.29, 0.717) is 47.6 Å². The summed E-state index contributed by atoms with van der Waals surface area (Å²) in [6.45, 7) is 5.04. The zero-order valence-corrected chi connectivity index (χ0v) is 17.1.